The predicted octanol–water partition coefficient (Wildman–Crippen LogP) is 0.635. The number of piperazine rings is 1. The Kier molecular flexibility index (Phi) is 6.96. The van der Waals surface area contributed by atoms with Gasteiger partial charge in [0.25, 0.3) is 0 Å². The average Bonchev–Trinajstić information content (AvgIpc) is 2.79. The number of hydrogen-bond acceptors (Lipinski definition) is 6. The van der Waals surface area contributed by atoms with Crippen LogP contribution in [0.3, 0.4) is 0 Å². The lowest BCUT2D eigenvalue weighted by molar-refractivity contribution is 0.204. The molecule has 166 valence electrons. The number of urea groups is 1. The second-order valence-corrected chi connectivity index (χ2v) is 8.25. The van der Waals surface area contributed by atoms with Crippen molar-refractivity contribution in [1.29, 1.82) is 0 Å². The van der Waals surface area contributed by atoms with E-state index in [2.05, 4.69) is 20.5 Å². The number of nitrogens with one attached hydrogen (secondary N) is 2. The number of anilines is 1. The average molecular weight is 426 g/mol. The topological polar surface area (TPSA) is 109 Å². The zero-order chi connectivity index (χ0) is 21.6. The van der Waals surface area contributed by atoms with Crippen LogP contribution in [0, 0.1) is 0 Å². The molecule has 0 aliphatic carbocycles. The second-order valence-electron chi connectivity index (χ2n) is 8.25. The highest BCUT2D eigenvalue weighted by Gasteiger charge is 2.17. The molecule has 1 atom stereocenters. The van der Waals surface area contributed by atoms with E-state index in [1.807, 2.05) is 24.3 Å². The van der Waals surface area contributed by atoms with Crippen LogP contribution in [0.2, 0.25) is 0 Å². The Morgan fingerprint density at radius 2 is 1.94 bits per heavy atom. The smallest absolute Gasteiger partial charge is 0.327 e. The first-order valence-electron chi connectivity index (χ1n) is 11.0. The summed E-state index contributed by atoms with van der Waals surface area (Å²) in [5.41, 5.74) is 7.61. The standard InChI is InChI=1S/C22H31N7O2/c23-18-2-1-11-27(16-18)12-7-17-3-5-19(6-4-17)29-13-8-20(26-22(29)31)25-21(30)28-14-9-24-10-15-28/h3-6,8,13,18,24H,1-2,7,9-12,14-16,23H2,(H,25,26,30,31). The minimum absolute atomic E-state index is 0.231. The molecular formula is C22H31N7O2. The van der Waals surface area contributed by atoms with Crippen molar-refractivity contribution in [3.8, 4) is 5.69 Å². The van der Waals surface area contributed by atoms with Gasteiger partial charge in [0, 0.05) is 51.5 Å². The molecule has 2 aliphatic heterocycles. The van der Waals surface area contributed by atoms with Crippen LogP contribution in [-0.4, -0.2) is 77.2 Å². The van der Waals surface area contributed by atoms with Crippen LogP contribution < -0.4 is 22.1 Å². The van der Waals surface area contributed by atoms with Crippen LogP contribution in [0.4, 0.5) is 10.6 Å². The van der Waals surface area contributed by atoms with Crippen LogP contribution >= 0.6 is 0 Å². The summed E-state index contributed by atoms with van der Waals surface area (Å²) in [5, 5.41) is 5.91. The Labute approximate surface area is 182 Å². The summed E-state index contributed by atoms with van der Waals surface area (Å²) < 4.78 is 1.48. The van der Waals surface area contributed by atoms with Gasteiger partial charge in [-0.15, -0.1) is 0 Å². The van der Waals surface area contributed by atoms with Crippen LogP contribution in [0.15, 0.2) is 41.3 Å². The van der Waals surface area contributed by atoms with Gasteiger partial charge in [-0.2, -0.15) is 4.98 Å². The fourth-order valence-corrected chi connectivity index (χ4v) is 4.13. The molecule has 2 fully saturated rings. The number of aromatic nitrogens is 2. The van der Waals surface area contributed by atoms with Gasteiger partial charge in [-0.3, -0.25) is 9.88 Å². The Balaban J connectivity index is 1.35. The normalized spacial score (nSPS) is 19.9. The molecular weight excluding hydrogens is 394 g/mol. The van der Waals surface area contributed by atoms with Crippen molar-refractivity contribution in [3.63, 3.8) is 0 Å². The summed E-state index contributed by atoms with van der Waals surface area (Å²) in [6.07, 6.45) is 4.89. The number of amides is 2. The third kappa shape index (κ3) is 5.69. The second kappa shape index (κ2) is 10.0. The first kappa shape index (κ1) is 21.5. The first-order chi connectivity index (χ1) is 15.1. The van der Waals surface area contributed by atoms with E-state index in [0.29, 0.717) is 19.1 Å². The lowest BCUT2D eigenvalue weighted by atomic mass is 10.1. The van der Waals surface area contributed by atoms with Gasteiger partial charge in [0.15, 0.2) is 0 Å². The predicted molar refractivity (Wildman–Crippen MR) is 121 cm³/mol. The van der Waals surface area contributed by atoms with Crippen molar-refractivity contribution < 1.29 is 4.79 Å². The Hall–Kier alpha value is -2.75. The Morgan fingerprint density at radius 3 is 2.65 bits per heavy atom. The van der Waals surface area contributed by atoms with Crippen LogP contribution in [0.25, 0.3) is 5.69 Å². The van der Waals surface area contributed by atoms with Crippen LogP contribution in [0.1, 0.15) is 18.4 Å². The molecule has 3 heterocycles. The molecule has 1 unspecified atom stereocenters. The number of rotatable bonds is 5. The third-order valence-electron chi connectivity index (χ3n) is 5.92. The lowest BCUT2D eigenvalue weighted by Crippen LogP contribution is -2.48. The van der Waals surface area contributed by atoms with Crippen molar-refractivity contribution in [3.05, 3.63) is 52.6 Å². The summed E-state index contributed by atoms with van der Waals surface area (Å²) in [4.78, 5) is 33.0. The quantitative estimate of drug-likeness (QED) is 0.649. The fourth-order valence-electron chi connectivity index (χ4n) is 4.13. The molecule has 2 amide bonds. The van der Waals surface area contributed by atoms with Gasteiger partial charge in [0.1, 0.15) is 5.82 Å². The molecule has 0 spiro atoms. The monoisotopic (exact) mass is 425 g/mol. The lowest BCUT2D eigenvalue weighted by Gasteiger charge is -2.30. The van der Waals surface area contributed by atoms with Gasteiger partial charge >= 0.3 is 11.7 Å². The van der Waals surface area contributed by atoms with Crippen LogP contribution in [-0.2, 0) is 6.42 Å². The van der Waals surface area contributed by atoms with E-state index >= 15 is 0 Å². The number of carbonyl (C=O) groups is 1. The molecule has 0 radical (unpaired) electrons. The molecule has 2 saturated heterocycles. The number of benzene rings is 1. The maximum absolute atomic E-state index is 12.5. The maximum Gasteiger partial charge on any atom is 0.354 e. The minimum atomic E-state index is -0.423. The van der Waals surface area contributed by atoms with Gasteiger partial charge in [-0.25, -0.2) is 9.59 Å². The summed E-state index contributed by atoms with van der Waals surface area (Å²) in [7, 11) is 0. The maximum atomic E-state index is 12.5. The molecule has 1 aromatic heterocycles. The highest BCUT2D eigenvalue weighted by atomic mass is 16.2. The molecule has 1 aromatic carbocycles. The third-order valence-corrected chi connectivity index (χ3v) is 5.92. The molecule has 4 rings (SSSR count). The van der Waals surface area contributed by atoms with E-state index in [1.54, 1.807) is 17.2 Å². The first-order valence-corrected chi connectivity index (χ1v) is 11.0. The van der Waals surface area contributed by atoms with Crippen molar-refractivity contribution >= 4 is 11.8 Å². The van der Waals surface area contributed by atoms with E-state index in [0.717, 1.165) is 51.3 Å². The van der Waals surface area contributed by atoms with Gasteiger partial charge in [0.2, 0.25) is 0 Å². The van der Waals surface area contributed by atoms with E-state index in [4.69, 9.17) is 5.73 Å². The fraction of sp³-hybridized carbons (Fsp3) is 0.500. The number of nitrogens with two attached hydrogens (primary N) is 1. The van der Waals surface area contributed by atoms with Gasteiger partial charge < -0.3 is 20.9 Å². The molecule has 0 bridgehead atoms. The Morgan fingerprint density at radius 1 is 1.16 bits per heavy atom. The zero-order valence-electron chi connectivity index (χ0n) is 17.8. The molecule has 31 heavy (non-hydrogen) atoms. The summed E-state index contributed by atoms with van der Waals surface area (Å²) in [5.74, 6) is 0.265. The molecule has 9 heteroatoms. The van der Waals surface area contributed by atoms with Crippen molar-refractivity contribution in [2.45, 2.75) is 25.3 Å². The SMILES string of the molecule is NC1CCCN(CCc2ccc(-n3ccc(NC(=O)N4CCNCC4)nc3=O)cc2)C1. The zero-order valence-corrected chi connectivity index (χ0v) is 17.8. The van der Waals surface area contributed by atoms with E-state index in [-0.39, 0.29) is 11.8 Å². The van der Waals surface area contributed by atoms with Gasteiger partial charge in [-0.05, 0) is 49.6 Å². The van der Waals surface area contributed by atoms with Crippen LogP contribution in [0.5, 0.6) is 0 Å². The minimum Gasteiger partial charge on any atom is -0.327 e. The van der Waals surface area contributed by atoms with Gasteiger partial charge in [0.05, 0.1) is 5.69 Å². The highest BCUT2D eigenvalue weighted by molar-refractivity contribution is 5.88. The summed E-state index contributed by atoms with van der Waals surface area (Å²) in [6, 6.07) is 9.66. The number of hydrogen-bond donors (Lipinski definition) is 3. The van der Waals surface area contributed by atoms with Gasteiger partial charge in [-0.1, -0.05) is 12.1 Å². The molecule has 9 nitrogen and oxygen atoms in total. The Bertz CT molecular complexity index is 938. The largest absolute Gasteiger partial charge is 0.354 e. The molecule has 2 aromatic rings. The molecule has 0 saturated carbocycles. The molecule has 2 aliphatic rings. The van der Waals surface area contributed by atoms with Crippen molar-refractivity contribution in [2.75, 3.05) is 51.1 Å². The number of carbonyl (C=O) groups excluding carboxylic acids is 1. The molecule has 4 N–H and O–H groups in total. The highest BCUT2D eigenvalue weighted by Crippen LogP contribution is 2.12. The number of nitrogens with zero attached hydrogens (tertiary/aromatic N) is 4. The summed E-state index contributed by atoms with van der Waals surface area (Å²) >= 11 is 0. The van der Waals surface area contributed by atoms with E-state index in [1.165, 1.54) is 16.6 Å². The van der Waals surface area contributed by atoms with Crippen molar-refractivity contribution in [2.24, 2.45) is 5.73 Å². The van der Waals surface area contributed by atoms with E-state index < -0.39 is 5.69 Å². The van der Waals surface area contributed by atoms with Crippen molar-refractivity contribution in [1.82, 2.24) is 24.7 Å². The summed E-state index contributed by atoms with van der Waals surface area (Å²) in [6.45, 7) is 5.89. The van der Waals surface area contributed by atoms with E-state index in [9.17, 15) is 9.59 Å². The number of piperidine rings is 1. The number of likely N-dealkylation sites (tertiary alicyclic amines) is 1.